The van der Waals surface area contributed by atoms with Crippen LogP contribution in [0.1, 0.15) is 42.9 Å². The Labute approximate surface area is 172 Å². The second-order valence-corrected chi connectivity index (χ2v) is 7.21. The molecule has 4 aromatic rings. The number of rotatable bonds is 6. The molecule has 0 saturated heterocycles. The third kappa shape index (κ3) is 3.63. The molecule has 0 radical (unpaired) electrons. The number of carbonyl (C=O) groups excluding carboxylic acids is 1. The van der Waals surface area contributed by atoms with E-state index in [0.29, 0.717) is 22.2 Å². The maximum absolute atomic E-state index is 12.7. The smallest absolute Gasteiger partial charge is 0.328 e. The van der Waals surface area contributed by atoms with Gasteiger partial charge in [-0.1, -0.05) is 13.3 Å². The number of imidazole rings is 1. The molecule has 3 N–H and O–H groups in total. The van der Waals surface area contributed by atoms with Crippen LogP contribution in [0.15, 0.2) is 46.0 Å². The number of nitrogens with one attached hydrogen (secondary N) is 3. The highest BCUT2D eigenvalue weighted by Crippen LogP contribution is 2.19. The number of hydrogen-bond acceptors (Lipinski definition) is 4. The lowest BCUT2D eigenvalue weighted by Gasteiger charge is -2.07. The monoisotopic (exact) mass is 405 g/mol. The molecule has 2 aromatic heterocycles. The van der Waals surface area contributed by atoms with E-state index in [1.54, 1.807) is 25.1 Å². The molecule has 0 spiro atoms. The van der Waals surface area contributed by atoms with Crippen molar-refractivity contribution in [3.63, 3.8) is 0 Å². The van der Waals surface area contributed by atoms with Crippen molar-refractivity contribution in [2.45, 2.75) is 39.7 Å². The van der Waals surface area contributed by atoms with E-state index in [-0.39, 0.29) is 18.0 Å². The first-order valence-electron chi connectivity index (χ1n) is 10.1. The fourth-order valence-electron chi connectivity index (χ4n) is 3.49. The molecule has 1 amide bonds. The van der Waals surface area contributed by atoms with Crippen molar-refractivity contribution in [3.05, 3.63) is 68.6 Å². The molecule has 0 bridgehead atoms. The lowest BCUT2D eigenvalue weighted by Crippen LogP contribution is -2.34. The molecule has 0 aliphatic heterocycles. The largest absolute Gasteiger partial charge is 0.342 e. The summed E-state index contributed by atoms with van der Waals surface area (Å²) in [5.74, 6) is 0.606. The van der Waals surface area contributed by atoms with Gasteiger partial charge in [0.15, 0.2) is 0 Å². The van der Waals surface area contributed by atoms with Gasteiger partial charge >= 0.3 is 5.69 Å². The summed E-state index contributed by atoms with van der Waals surface area (Å²) in [6.45, 7) is 4.15. The first-order chi connectivity index (χ1) is 14.5. The van der Waals surface area contributed by atoms with Crippen LogP contribution in [0.3, 0.4) is 0 Å². The molecular formula is C22H23N5O3. The van der Waals surface area contributed by atoms with E-state index in [4.69, 9.17) is 0 Å². The minimum atomic E-state index is -0.490. The van der Waals surface area contributed by atoms with Gasteiger partial charge in [-0.3, -0.25) is 14.2 Å². The second kappa shape index (κ2) is 7.98. The predicted octanol–water partition coefficient (Wildman–Crippen LogP) is 3.18. The number of fused-ring (bicyclic) bond motifs is 2. The standard InChI is InChI=1S/C22H23N5O3/c1-3-5-6-19-24-16-10-8-14(12-18(16)25-19)23-20(28)13-7-9-15-17(11-13)26-22(30)27(4-2)21(15)29/h7-12H,3-6H2,1-2H3,(H,23,28)(H,24,25)(H,26,30). The summed E-state index contributed by atoms with van der Waals surface area (Å²) < 4.78 is 1.12. The van der Waals surface area contributed by atoms with Gasteiger partial charge in [-0.05, 0) is 49.7 Å². The van der Waals surface area contributed by atoms with E-state index in [2.05, 4.69) is 27.2 Å². The Hall–Kier alpha value is -3.68. The fraction of sp³-hybridized carbons (Fsp3) is 0.273. The fourth-order valence-corrected chi connectivity index (χ4v) is 3.49. The summed E-state index contributed by atoms with van der Waals surface area (Å²) >= 11 is 0. The van der Waals surface area contributed by atoms with Gasteiger partial charge in [-0.25, -0.2) is 9.78 Å². The number of aryl methyl sites for hydroxylation is 1. The number of hydrogen-bond donors (Lipinski definition) is 3. The quantitative estimate of drug-likeness (QED) is 0.457. The Morgan fingerprint density at radius 2 is 1.90 bits per heavy atom. The van der Waals surface area contributed by atoms with Crippen molar-refractivity contribution in [3.8, 4) is 0 Å². The zero-order chi connectivity index (χ0) is 21.3. The normalized spacial score (nSPS) is 11.3. The van der Waals surface area contributed by atoms with Gasteiger partial charge in [0.05, 0.1) is 21.9 Å². The molecule has 0 unspecified atom stereocenters. The number of aromatic nitrogens is 4. The van der Waals surface area contributed by atoms with Crippen LogP contribution in [0, 0.1) is 0 Å². The third-order valence-electron chi connectivity index (χ3n) is 5.12. The molecule has 0 aliphatic rings. The van der Waals surface area contributed by atoms with Crippen LogP contribution in [0.25, 0.3) is 21.9 Å². The molecular weight excluding hydrogens is 382 g/mol. The van der Waals surface area contributed by atoms with Gasteiger partial charge in [0.25, 0.3) is 11.5 Å². The molecule has 4 rings (SSSR count). The van der Waals surface area contributed by atoms with Crippen LogP contribution in [-0.4, -0.2) is 25.4 Å². The zero-order valence-corrected chi connectivity index (χ0v) is 16.9. The number of amides is 1. The van der Waals surface area contributed by atoms with Gasteiger partial charge < -0.3 is 15.3 Å². The Kier molecular flexibility index (Phi) is 5.22. The summed E-state index contributed by atoms with van der Waals surface area (Å²) in [4.78, 5) is 47.7. The number of H-pyrrole nitrogens is 2. The second-order valence-electron chi connectivity index (χ2n) is 7.21. The van der Waals surface area contributed by atoms with E-state index in [1.165, 1.54) is 6.07 Å². The average molecular weight is 405 g/mol. The number of carbonyl (C=O) groups is 1. The molecule has 8 heteroatoms. The average Bonchev–Trinajstić information content (AvgIpc) is 3.14. The van der Waals surface area contributed by atoms with E-state index in [1.807, 2.05) is 12.1 Å². The van der Waals surface area contributed by atoms with Crippen LogP contribution in [-0.2, 0) is 13.0 Å². The van der Waals surface area contributed by atoms with Crippen molar-refractivity contribution in [2.24, 2.45) is 0 Å². The molecule has 2 aromatic carbocycles. The highest BCUT2D eigenvalue weighted by Gasteiger charge is 2.12. The van der Waals surface area contributed by atoms with E-state index in [0.717, 1.165) is 40.7 Å². The van der Waals surface area contributed by atoms with E-state index >= 15 is 0 Å². The Morgan fingerprint density at radius 1 is 1.07 bits per heavy atom. The van der Waals surface area contributed by atoms with Crippen molar-refractivity contribution in [1.29, 1.82) is 0 Å². The lowest BCUT2D eigenvalue weighted by molar-refractivity contribution is 0.102. The molecule has 8 nitrogen and oxygen atoms in total. The van der Waals surface area contributed by atoms with Crippen LogP contribution < -0.4 is 16.6 Å². The Balaban J connectivity index is 1.61. The summed E-state index contributed by atoms with van der Waals surface area (Å²) in [7, 11) is 0. The predicted molar refractivity (Wildman–Crippen MR) is 117 cm³/mol. The lowest BCUT2D eigenvalue weighted by atomic mass is 10.1. The molecule has 0 atom stereocenters. The van der Waals surface area contributed by atoms with Crippen LogP contribution in [0.5, 0.6) is 0 Å². The van der Waals surface area contributed by atoms with Crippen LogP contribution in [0.4, 0.5) is 5.69 Å². The topological polar surface area (TPSA) is 113 Å². The molecule has 2 heterocycles. The van der Waals surface area contributed by atoms with E-state index in [9.17, 15) is 14.4 Å². The first kappa shape index (κ1) is 19.6. The van der Waals surface area contributed by atoms with Gasteiger partial charge in [-0.2, -0.15) is 0 Å². The molecule has 154 valence electrons. The summed E-state index contributed by atoms with van der Waals surface area (Å²) in [5, 5.41) is 3.22. The number of nitrogens with zero attached hydrogens (tertiary/aromatic N) is 2. The van der Waals surface area contributed by atoms with Gasteiger partial charge in [0, 0.05) is 24.2 Å². The van der Waals surface area contributed by atoms with E-state index < -0.39 is 5.69 Å². The summed E-state index contributed by atoms with van der Waals surface area (Å²) in [6, 6.07) is 10.2. The van der Waals surface area contributed by atoms with Gasteiger partial charge in [0.1, 0.15) is 5.82 Å². The molecule has 0 saturated carbocycles. The first-order valence-corrected chi connectivity index (χ1v) is 10.1. The van der Waals surface area contributed by atoms with Crippen LogP contribution in [0.2, 0.25) is 0 Å². The SMILES string of the molecule is CCCCc1nc2ccc(NC(=O)c3ccc4c(=O)n(CC)c(=O)[nH]c4c3)cc2[nH]1. The van der Waals surface area contributed by atoms with Crippen LogP contribution >= 0.6 is 0 Å². The molecule has 30 heavy (non-hydrogen) atoms. The van der Waals surface area contributed by atoms with Crippen molar-refractivity contribution < 1.29 is 4.79 Å². The highest BCUT2D eigenvalue weighted by atomic mass is 16.2. The summed E-state index contributed by atoms with van der Waals surface area (Å²) in [6.07, 6.45) is 3.06. The minimum Gasteiger partial charge on any atom is -0.342 e. The van der Waals surface area contributed by atoms with Crippen molar-refractivity contribution >= 4 is 33.5 Å². The maximum Gasteiger partial charge on any atom is 0.328 e. The molecule has 0 aliphatic carbocycles. The van der Waals surface area contributed by atoms with Crippen molar-refractivity contribution in [2.75, 3.05) is 5.32 Å². The van der Waals surface area contributed by atoms with Gasteiger partial charge in [0.2, 0.25) is 0 Å². The summed E-state index contributed by atoms with van der Waals surface area (Å²) in [5.41, 5.74) is 2.18. The number of aromatic amines is 2. The van der Waals surface area contributed by atoms with Gasteiger partial charge in [-0.15, -0.1) is 0 Å². The molecule has 0 fully saturated rings. The number of unbranched alkanes of at least 4 members (excludes halogenated alkanes) is 1. The zero-order valence-electron chi connectivity index (χ0n) is 16.9. The highest BCUT2D eigenvalue weighted by molar-refractivity contribution is 6.06. The Morgan fingerprint density at radius 3 is 2.67 bits per heavy atom. The van der Waals surface area contributed by atoms with Crippen molar-refractivity contribution in [1.82, 2.24) is 19.5 Å². The number of anilines is 1. The maximum atomic E-state index is 12.7. The third-order valence-corrected chi connectivity index (χ3v) is 5.12. The minimum absolute atomic E-state index is 0.280. The number of benzene rings is 2. The Bertz CT molecular complexity index is 1360.